The van der Waals surface area contributed by atoms with E-state index < -0.39 is 17.5 Å². The number of carboxylic acid groups (broad SMARTS) is 1. The fourth-order valence-corrected chi connectivity index (χ4v) is 2.57. The molecule has 1 aliphatic heterocycles. The number of benzene rings is 1. The first-order valence-electron chi connectivity index (χ1n) is 5.62. The second-order valence-electron chi connectivity index (χ2n) is 4.46. The lowest BCUT2D eigenvalue weighted by Gasteiger charge is -2.37. The molecule has 2 rings (SSSR count). The molecule has 0 unspecified atom stereocenters. The number of aliphatic hydroxyl groups is 1. The number of likely N-dealkylation sites (tertiary alicyclic amines) is 1. The molecule has 0 aromatic heterocycles. The highest BCUT2D eigenvalue weighted by Gasteiger charge is 2.36. The van der Waals surface area contributed by atoms with Crippen LogP contribution in [-0.2, 0) is 5.60 Å². The van der Waals surface area contributed by atoms with Crippen LogP contribution in [0.25, 0.3) is 0 Å². The number of hydrogen-bond donors (Lipinski definition) is 3. The summed E-state index contributed by atoms with van der Waals surface area (Å²) in [5.74, 6) is -0.433. The third-order valence-corrected chi connectivity index (χ3v) is 3.71. The highest BCUT2D eigenvalue weighted by Crippen LogP contribution is 2.36. The molecule has 98 valence electrons. The molecule has 4 nitrogen and oxygen atoms in total. The van der Waals surface area contributed by atoms with Crippen molar-refractivity contribution in [2.75, 3.05) is 13.1 Å². The van der Waals surface area contributed by atoms with Gasteiger partial charge in [0.25, 0.3) is 0 Å². The molecule has 0 atom stereocenters. The van der Waals surface area contributed by atoms with Crippen LogP contribution in [-0.4, -0.2) is 34.3 Å². The normalized spacial score (nSPS) is 18.7. The molecule has 0 radical (unpaired) electrons. The van der Waals surface area contributed by atoms with Crippen LogP contribution in [0.2, 0.25) is 0 Å². The summed E-state index contributed by atoms with van der Waals surface area (Å²) in [6.45, 7) is 0.463. The van der Waals surface area contributed by atoms with E-state index in [0.29, 0.717) is 10.5 Å². The van der Waals surface area contributed by atoms with E-state index in [4.69, 9.17) is 5.11 Å². The Morgan fingerprint density at radius 1 is 1.39 bits per heavy atom. The lowest BCUT2D eigenvalue weighted by molar-refractivity contribution is -0.0235. The van der Waals surface area contributed by atoms with Gasteiger partial charge in [-0.3, -0.25) is 0 Å². The Morgan fingerprint density at radius 2 is 2.00 bits per heavy atom. The lowest BCUT2D eigenvalue weighted by atomic mass is 9.84. The second-order valence-corrected chi connectivity index (χ2v) is 4.94. The number of piperidine rings is 1. The third-order valence-electron chi connectivity index (χ3n) is 3.32. The van der Waals surface area contributed by atoms with Gasteiger partial charge in [0, 0.05) is 18.0 Å². The Kier molecular flexibility index (Phi) is 3.49. The van der Waals surface area contributed by atoms with E-state index in [1.807, 2.05) is 0 Å². The van der Waals surface area contributed by atoms with Crippen molar-refractivity contribution in [3.05, 3.63) is 29.6 Å². The molecular formula is C12H14FNO3S. The van der Waals surface area contributed by atoms with Gasteiger partial charge < -0.3 is 15.1 Å². The van der Waals surface area contributed by atoms with Crippen LogP contribution in [0.3, 0.4) is 0 Å². The summed E-state index contributed by atoms with van der Waals surface area (Å²) in [5.41, 5.74) is -0.777. The zero-order valence-electron chi connectivity index (χ0n) is 9.64. The van der Waals surface area contributed by atoms with Crippen molar-refractivity contribution in [3.63, 3.8) is 0 Å². The number of hydrogen-bond acceptors (Lipinski definition) is 3. The number of carbonyl (C=O) groups is 1. The lowest BCUT2D eigenvalue weighted by Crippen LogP contribution is -2.44. The molecule has 1 saturated heterocycles. The Morgan fingerprint density at radius 3 is 2.56 bits per heavy atom. The molecule has 0 spiro atoms. The van der Waals surface area contributed by atoms with Crippen LogP contribution in [0, 0.1) is 5.82 Å². The van der Waals surface area contributed by atoms with Gasteiger partial charge in [0.15, 0.2) is 0 Å². The summed E-state index contributed by atoms with van der Waals surface area (Å²) in [6.07, 6.45) is -0.505. The molecule has 1 aromatic rings. The molecule has 1 fully saturated rings. The minimum Gasteiger partial charge on any atom is -0.465 e. The van der Waals surface area contributed by atoms with Crippen LogP contribution < -0.4 is 0 Å². The molecule has 6 heteroatoms. The number of nitrogens with zero attached hydrogens (tertiary/aromatic N) is 1. The molecule has 1 aromatic carbocycles. The van der Waals surface area contributed by atoms with Gasteiger partial charge >= 0.3 is 6.09 Å². The van der Waals surface area contributed by atoms with Gasteiger partial charge in [-0.25, -0.2) is 9.18 Å². The number of amides is 1. The fourth-order valence-electron chi connectivity index (χ4n) is 2.22. The fraction of sp³-hybridized carbons (Fsp3) is 0.417. The zero-order chi connectivity index (χ0) is 13.3. The molecule has 1 aliphatic rings. The van der Waals surface area contributed by atoms with Crippen molar-refractivity contribution in [2.24, 2.45) is 0 Å². The van der Waals surface area contributed by atoms with E-state index in [-0.39, 0.29) is 25.9 Å². The van der Waals surface area contributed by atoms with Gasteiger partial charge in [0.1, 0.15) is 5.82 Å². The smallest absolute Gasteiger partial charge is 0.407 e. The van der Waals surface area contributed by atoms with Crippen molar-refractivity contribution in [1.29, 1.82) is 0 Å². The van der Waals surface area contributed by atoms with E-state index in [9.17, 15) is 14.3 Å². The second kappa shape index (κ2) is 4.78. The van der Waals surface area contributed by atoms with Gasteiger partial charge in [-0.1, -0.05) is 0 Å². The standard InChI is InChI=1S/C12H14FNO3S/c13-8-1-2-10(18)9(7-8)12(17)3-5-14(6-4-12)11(15)16/h1-2,7,17-18H,3-6H2,(H,15,16). The maximum absolute atomic E-state index is 13.2. The summed E-state index contributed by atoms with van der Waals surface area (Å²) in [7, 11) is 0. The predicted molar refractivity (Wildman–Crippen MR) is 66.4 cm³/mol. The quantitative estimate of drug-likeness (QED) is 0.685. The SMILES string of the molecule is O=C(O)N1CCC(O)(c2cc(F)ccc2S)CC1. The van der Waals surface area contributed by atoms with E-state index in [0.717, 1.165) is 0 Å². The van der Waals surface area contributed by atoms with Crippen molar-refractivity contribution in [1.82, 2.24) is 4.90 Å². The van der Waals surface area contributed by atoms with E-state index in [1.165, 1.54) is 23.1 Å². The van der Waals surface area contributed by atoms with Gasteiger partial charge in [0.2, 0.25) is 0 Å². The van der Waals surface area contributed by atoms with E-state index in [2.05, 4.69) is 12.6 Å². The molecule has 0 saturated carbocycles. The molecule has 1 heterocycles. The van der Waals surface area contributed by atoms with Crippen LogP contribution >= 0.6 is 12.6 Å². The van der Waals surface area contributed by atoms with Crippen molar-refractivity contribution < 1.29 is 19.4 Å². The number of rotatable bonds is 1. The summed E-state index contributed by atoms with van der Waals surface area (Å²) in [6, 6.07) is 4.04. The van der Waals surface area contributed by atoms with E-state index >= 15 is 0 Å². The Labute approximate surface area is 109 Å². The summed E-state index contributed by atoms with van der Waals surface area (Å²) >= 11 is 4.22. The molecule has 0 bridgehead atoms. The Balaban J connectivity index is 2.23. The van der Waals surface area contributed by atoms with E-state index in [1.54, 1.807) is 0 Å². The first kappa shape index (κ1) is 13.2. The molecule has 2 N–H and O–H groups in total. The van der Waals surface area contributed by atoms with Crippen LogP contribution in [0.15, 0.2) is 23.1 Å². The summed E-state index contributed by atoms with van der Waals surface area (Å²) in [5, 5.41) is 19.4. The third kappa shape index (κ3) is 2.44. The van der Waals surface area contributed by atoms with Gasteiger partial charge in [-0.15, -0.1) is 12.6 Å². The monoisotopic (exact) mass is 271 g/mol. The van der Waals surface area contributed by atoms with Gasteiger partial charge in [-0.2, -0.15) is 0 Å². The summed E-state index contributed by atoms with van der Waals surface area (Å²) in [4.78, 5) is 12.6. The number of thiol groups is 1. The Hall–Kier alpha value is -1.27. The largest absolute Gasteiger partial charge is 0.465 e. The maximum atomic E-state index is 13.2. The molecule has 18 heavy (non-hydrogen) atoms. The van der Waals surface area contributed by atoms with Crippen LogP contribution in [0.5, 0.6) is 0 Å². The van der Waals surface area contributed by atoms with Gasteiger partial charge in [-0.05, 0) is 36.6 Å². The predicted octanol–water partition coefficient (Wildman–Crippen LogP) is 2.08. The average Bonchev–Trinajstić information content (AvgIpc) is 2.32. The first-order chi connectivity index (χ1) is 8.42. The maximum Gasteiger partial charge on any atom is 0.407 e. The van der Waals surface area contributed by atoms with Crippen LogP contribution in [0.1, 0.15) is 18.4 Å². The van der Waals surface area contributed by atoms with Crippen molar-refractivity contribution in [2.45, 2.75) is 23.3 Å². The highest BCUT2D eigenvalue weighted by molar-refractivity contribution is 7.80. The molecular weight excluding hydrogens is 257 g/mol. The minimum absolute atomic E-state index is 0.232. The highest BCUT2D eigenvalue weighted by atomic mass is 32.1. The molecule has 1 amide bonds. The average molecular weight is 271 g/mol. The minimum atomic E-state index is -1.20. The van der Waals surface area contributed by atoms with Crippen molar-refractivity contribution in [3.8, 4) is 0 Å². The van der Waals surface area contributed by atoms with Gasteiger partial charge in [0.05, 0.1) is 5.60 Å². The first-order valence-corrected chi connectivity index (χ1v) is 6.06. The summed E-state index contributed by atoms with van der Waals surface area (Å²) < 4.78 is 13.2. The Bertz CT molecular complexity index is 472. The van der Waals surface area contributed by atoms with Crippen LogP contribution in [0.4, 0.5) is 9.18 Å². The number of halogens is 1. The van der Waals surface area contributed by atoms with Crippen molar-refractivity contribution >= 4 is 18.7 Å². The topological polar surface area (TPSA) is 60.8 Å². The molecule has 0 aliphatic carbocycles. The zero-order valence-corrected chi connectivity index (χ0v) is 10.5.